The fourth-order valence-corrected chi connectivity index (χ4v) is 1.48. The van der Waals surface area contributed by atoms with Gasteiger partial charge in [-0.25, -0.2) is 9.18 Å². The van der Waals surface area contributed by atoms with Crippen molar-refractivity contribution in [1.82, 2.24) is 5.32 Å². The largest absolute Gasteiger partial charge is 0.478 e. The van der Waals surface area contributed by atoms with E-state index in [0.29, 0.717) is 6.54 Å². The molecule has 3 nitrogen and oxygen atoms in total. The van der Waals surface area contributed by atoms with E-state index < -0.39 is 5.97 Å². The Bertz CT molecular complexity index is 429. The third-order valence-electron chi connectivity index (χ3n) is 2.52. The van der Waals surface area contributed by atoms with Crippen molar-refractivity contribution in [2.45, 2.75) is 13.3 Å². The van der Waals surface area contributed by atoms with Gasteiger partial charge in [-0.3, -0.25) is 0 Å². The van der Waals surface area contributed by atoms with Gasteiger partial charge >= 0.3 is 5.97 Å². The molecule has 0 fully saturated rings. The van der Waals surface area contributed by atoms with Gasteiger partial charge in [-0.05, 0) is 43.1 Å². The van der Waals surface area contributed by atoms with Crippen LogP contribution >= 0.6 is 0 Å². The van der Waals surface area contributed by atoms with Crippen molar-refractivity contribution in [3.8, 4) is 0 Å². The predicted octanol–water partition coefficient (Wildman–Crippen LogP) is 1.91. The average Bonchev–Trinajstić information content (AvgIpc) is 2.26. The molecule has 2 N–H and O–H groups in total. The number of carboxylic acid groups (broad SMARTS) is 1. The van der Waals surface area contributed by atoms with E-state index in [0.717, 1.165) is 17.5 Å². The highest BCUT2D eigenvalue weighted by Crippen LogP contribution is 2.10. The van der Waals surface area contributed by atoms with E-state index >= 15 is 0 Å². The summed E-state index contributed by atoms with van der Waals surface area (Å²) in [6.45, 7) is 6.17. The Balaban J connectivity index is 2.36. The van der Waals surface area contributed by atoms with Gasteiger partial charge in [-0.1, -0.05) is 12.6 Å². The Labute approximate surface area is 100.0 Å². The van der Waals surface area contributed by atoms with Crippen molar-refractivity contribution < 1.29 is 14.3 Å². The molecule has 1 rings (SSSR count). The normalized spacial score (nSPS) is 10.2. The molecule has 0 atom stereocenters. The van der Waals surface area contributed by atoms with Gasteiger partial charge in [0.2, 0.25) is 0 Å². The molecule has 0 saturated carbocycles. The van der Waals surface area contributed by atoms with E-state index in [1.807, 2.05) is 6.92 Å². The molecular weight excluding hydrogens is 221 g/mol. The quantitative estimate of drug-likeness (QED) is 0.587. The molecule has 1 aromatic carbocycles. The second-order valence-electron chi connectivity index (χ2n) is 3.91. The van der Waals surface area contributed by atoms with E-state index in [1.165, 1.54) is 12.1 Å². The first kappa shape index (κ1) is 13.4. The monoisotopic (exact) mass is 237 g/mol. The topological polar surface area (TPSA) is 49.3 Å². The van der Waals surface area contributed by atoms with E-state index in [9.17, 15) is 9.18 Å². The van der Waals surface area contributed by atoms with Crippen LogP contribution in [0.2, 0.25) is 0 Å². The van der Waals surface area contributed by atoms with Gasteiger partial charge in [0.1, 0.15) is 5.82 Å². The lowest BCUT2D eigenvalue weighted by Gasteiger charge is -2.07. The highest BCUT2D eigenvalue weighted by molar-refractivity contribution is 5.86. The fraction of sp³-hybridized carbons (Fsp3) is 0.308. The minimum absolute atomic E-state index is 0.140. The summed E-state index contributed by atoms with van der Waals surface area (Å²) in [6, 6.07) is 4.67. The lowest BCUT2D eigenvalue weighted by Crippen LogP contribution is -2.22. The lowest BCUT2D eigenvalue weighted by atomic mass is 10.1. The van der Waals surface area contributed by atoms with E-state index in [-0.39, 0.29) is 17.9 Å². The minimum Gasteiger partial charge on any atom is -0.478 e. The average molecular weight is 237 g/mol. The zero-order valence-electron chi connectivity index (χ0n) is 9.79. The Kier molecular flexibility index (Phi) is 4.84. The number of hydrogen-bond acceptors (Lipinski definition) is 2. The van der Waals surface area contributed by atoms with Crippen LogP contribution in [0.3, 0.4) is 0 Å². The van der Waals surface area contributed by atoms with Gasteiger partial charge in [-0.2, -0.15) is 0 Å². The first-order valence-corrected chi connectivity index (χ1v) is 5.37. The fourth-order valence-electron chi connectivity index (χ4n) is 1.48. The highest BCUT2D eigenvalue weighted by Gasteiger charge is 2.03. The first-order valence-electron chi connectivity index (χ1n) is 5.37. The molecule has 0 aliphatic carbocycles. The molecule has 1 aromatic rings. The number of aliphatic carboxylic acids is 1. The van der Waals surface area contributed by atoms with Gasteiger partial charge in [0.25, 0.3) is 0 Å². The smallest absolute Gasteiger partial charge is 0.332 e. The summed E-state index contributed by atoms with van der Waals surface area (Å²) in [5.74, 6) is -1.23. The molecule has 0 aliphatic rings. The Morgan fingerprint density at radius 2 is 2.24 bits per heavy atom. The van der Waals surface area contributed by atoms with Crippen molar-refractivity contribution in [3.63, 3.8) is 0 Å². The summed E-state index contributed by atoms with van der Waals surface area (Å²) in [4.78, 5) is 10.5. The van der Waals surface area contributed by atoms with Gasteiger partial charge in [0.05, 0.1) is 0 Å². The SMILES string of the molecule is C=C(CNCCc1ccc(F)cc1C)C(=O)O. The first-order chi connectivity index (χ1) is 8.00. The highest BCUT2D eigenvalue weighted by atomic mass is 19.1. The van der Waals surface area contributed by atoms with Gasteiger partial charge in [0.15, 0.2) is 0 Å². The van der Waals surface area contributed by atoms with Crippen molar-refractivity contribution in [1.29, 1.82) is 0 Å². The molecule has 0 unspecified atom stereocenters. The second-order valence-corrected chi connectivity index (χ2v) is 3.91. The van der Waals surface area contributed by atoms with Crippen LogP contribution in [-0.2, 0) is 11.2 Å². The third kappa shape index (κ3) is 4.36. The lowest BCUT2D eigenvalue weighted by molar-refractivity contribution is -0.132. The molecule has 4 heteroatoms. The van der Waals surface area contributed by atoms with Crippen LogP contribution in [0.25, 0.3) is 0 Å². The standard InChI is InChI=1S/C13H16FNO2/c1-9-7-12(14)4-3-11(9)5-6-15-8-10(2)13(16)17/h3-4,7,15H,2,5-6,8H2,1H3,(H,16,17). The molecule has 0 saturated heterocycles. The maximum absolute atomic E-state index is 12.8. The zero-order valence-corrected chi connectivity index (χ0v) is 9.79. The number of nitrogens with one attached hydrogen (secondary N) is 1. The van der Waals surface area contributed by atoms with Crippen molar-refractivity contribution in [3.05, 3.63) is 47.3 Å². The van der Waals surface area contributed by atoms with Crippen LogP contribution in [0, 0.1) is 12.7 Å². The Morgan fingerprint density at radius 1 is 1.53 bits per heavy atom. The van der Waals surface area contributed by atoms with Crippen molar-refractivity contribution in [2.75, 3.05) is 13.1 Å². The predicted molar refractivity (Wildman–Crippen MR) is 64.5 cm³/mol. The summed E-state index contributed by atoms with van der Waals surface area (Å²) in [5.41, 5.74) is 2.10. The number of benzene rings is 1. The van der Waals surface area contributed by atoms with E-state index in [4.69, 9.17) is 5.11 Å². The van der Waals surface area contributed by atoms with Gasteiger partial charge in [-0.15, -0.1) is 0 Å². The second kappa shape index (κ2) is 6.15. The van der Waals surface area contributed by atoms with Crippen LogP contribution in [0.1, 0.15) is 11.1 Å². The number of carboxylic acids is 1. The van der Waals surface area contributed by atoms with Crippen molar-refractivity contribution >= 4 is 5.97 Å². The number of rotatable bonds is 6. The molecule has 0 aromatic heterocycles. The van der Waals surface area contributed by atoms with E-state index in [2.05, 4.69) is 11.9 Å². The van der Waals surface area contributed by atoms with Crippen LogP contribution in [0.4, 0.5) is 4.39 Å². The molecule has 17 heavy (non-hydrogen) atoms. The van der Waals surface area contributed by atoms with Crippen LogP contribution in [0.15, 0.2) is 30.4 Å². The van der Waals surface area contributed by atoms with Crippen molar-refractivity contribution in [2.24, 2.45) is 0 Å². The summed E-state index contributed by atoms with van der Waals surface area (Å²) >= 11 is 0. The number of halogens is 1. The summed E-state index contributed by atoms with van der Waals surface area (Å²) in [6.07, 6.45) is 0.735. The Morgan fingerprint density at radius 3 is 2.82 bits per heavy atom. The third-order valence-corrected chi connectivity index (χ3v) is 2.52. The maximum Gasteiger partial charge on any atom is 0.332 e. The molecular formula is C13H16FNO2. The zero-order chi connectivity index (χ0) is 12.8. The van der Waals surface area contributed by atoms with Gasteiger partial charge < -0.3 is 10.4 Å². The molecule has 0 spiro atoms. The van der Waals surface area contributed by atoms with Gasteiger partial charge in [0, 0.05) is 12.1 Å². The van der Waals surface area contributed by atoms with Crippen LogP contribution in [-0.4, -0.2) is 24.2 Å². The molecule has 0 bridgehead atoms. The summed E-state index contributed by atoms with van der Waals surface area (Å²) < 4.78 is 12.8. The Hall–Kier alpha value is -1.68. The number of hydrogen-bond donors (Lipinski definition) is 2. The minimum atomic E-state index is -0.990. The summed E-state index contributed by atoms with van der Waals surface area (Å²) in [5, 5.41) is 11.6. The number of carbonyl (C=O) groups is 1. The molecule has 0 aliphatic heterocycles. The van der Waals surface area contributed by atoms with E-state index in [1.54, 1.807) is 6.07 Å². The number of aryl methyl sites for hydroxylation is 1. The molecule has 0 radical (unpaired) electrons. The maximum atomic E-state index is 12.8. The molecule has 0 heterocycles. The molecule has 92 valence electrons. The summed E-state index contributed by atoms with van der Waals surface area (Å²) in [7, 11) is 0. The van der Waals surface area contributed by atoms with Crippen LogP contribution < -0.4 is 5.32 Å². The van der Waals surface area contributed by atoms with Crippen LogP contribution in [0.5, 0.6) is 0 Å². The molecule has 0 amide bonds.